The summed E-state index contributed by atoms with van der Waals surface area (Å²) < 4.78 is 26.2. The SMILES string of the molecule is Cc1cc(/C=N\n2cnnc2)c(C)n1-c1ccc(S(N)(=O)=O)cc1. The van der Waals surface area contributed by atoms with Gasteiger partial charge in [-0.25, -0.2) is 18.2 Å². The molecule has 3 rings (SSSR count). The molecule has 0 amide bonds. The zero-order chi connectivity index (χ0) is 17.3. The minimum atomic E-state index is -3.70. The number of nitrogens with zero attached hydrogens (tertiary/aromatic N) is 5. The molecule has 3 aromatic rings. The lowest BCUT2D eigenvalue weighted by Gasteiger charge is -2.10. The van der Waals surface area contributed by atoms with E-state index >= 15 is 0 Å². The normalized spacial score (nSPS) is 12.1. The smallest absolute Gasteiger partial charge is 0.238 e. The lowest BCUT2D eigenvalue weighted by atomic mass is 10.2. The van der Waals surface area contributed by atoms with Crippen molar-refractivity contribution in [2.24, 2.45) is 10.2 Å². The lowest BCUT2D eigenvalue weighted by Crippen LogP contribution is -2.12. The van der Waals surface area contributed by atoms with Crippen LogP contribution in [0.4, 0.5) is 0 Å². The van der Waals surface area contributed by atoms with Gasteiger partial charge >= 0.3 is 0 Å². The molecule has 24 heavy (non-hydrogen) atoms. The number of rotatable bonds is 4. The Labute approximate surface area is 139 Å². The molecule has 124 valence electrons. The van der Waals surface area contributed by atoms with Gasteiger partial charge in [0.2, 0.25) is 10.0 Å². The number of nitrogens with two attached hydrogens (primary N) is 1. The van der Waals surface area contributed by atoms with Crippen molar-refractivity contribution in [1.82, 2.24) is 19.4 Å². The van der Waals surface area contributed by atoms with Crippen LogP contribution >= 0.6 is 0 Å². The second-order valence-corrected chi connectivity index (χ2v) is 6.85. The minimum Gasteiger partial charge on any atom is -0.318 e. The quantitative estimate of drug-likeness (QED) is 0.718. The van der Waals surface area contributed by atoms with Crippen LogP contribution in [0.3, 0.4) is 0 Å². The fourth-order valence-electron chi connectivity index (χ4n) is 2.48. The number of sulfonamides is 1. The molecule has 0 aliphatic heterocycles. The molecule has 2 N–H and O–H groups in total. The fraction of sp³-hybridized carbons (Fsp3) is 0.133. The van der Waals surface area contributed by atoms with Crippen LogP contribution in [-0.4, -0.2) is 34.1 Å². The highest BCUT2D eigenvalue weighted by atomic mass is 32.2. The molecule has 0 spiro atoms. The molecule has 0 unspecified atom stereocenters. The van der Waals surface area contributed by atoms with Crippen LogP contribution in [0.5, 0.6) is 0 Å². The Hall–Kier alpha value is -2.78. The van der Waals surface area contributed by atoms with E-state index in [-0.39, 0.29) is 4.90 Å². The van der Waals surface area contributed by atoms with Crippen LogP contribution in [0.2, 0.25) is 0 Å². The first-order chi connectivity index (χ1) is 11.4. The summed E-state index contributed by atoms with van der Waals surface area (Å²) in [5, 5.41) is 16.8. The van der Waals surface area contributed by atoms with Gasteiger partial charge in [0.15, 0.2) is 0 Å². The molecule has 0 fully saturated rings. The Morgan fingerprint density at radius 1 is 1.12 bits per heavy atom. The van der Waals surface area contributed by atoms with Crippen molar-refractivity contribution >= 4 is 16.2 Å². The van der Waals surface area contributed by atoms with Gasteiger partial charge in [0.1, 0.15) is 12.7 Å². The van der Waals surface area contributed by atoms with Crippen molar-refractivity contribution in [2.75, 3.05) is 0 Å². The molecule has 2 heterocycles. The Balaban J connectivity index is 1.97. The van der Waals surface area contributed by atoms with Crippen LogP contribution in [0.25, 0.3) is 5.69 Å². The van der Waals surface area contributed by atoms with E-state index in [2.05, 4.69) is 15.3 Å². The Morgan fingerprint density at radius 2 is 1.75 bits per heavy atom. The van der Waals surface area contributed by atoms with Gasteiger partial charge in [-0.05, 0) is 44.2 Å². The van der Waals surface area contributed by atoms with Crippen LogP contribution in [0, 0.1) is 13.8 Å². The maximum absolute atomic E-state index is 11.4. The largest absolute Gasteiger partial charge is 0.318 e. The molecule has 0 bridgehead atoms. The summed E-state index contributed by atoms with van der Waals surface area (Å²) in [7, 11) is -3.70. The summed E-state index contributed by atoms with van der Waals surface area (Å²) >= 11 is 0. The van der Waals surface area contributed by atoms with E-state index in [0.29, 0.717) is 0 Å². The highest BCUT2D eigenvalue weighted by Gasteiger charge is 2.11. The average Bonchev–Trinajstić information content (AvgIpc) is 3.13. The second-order valence-electron chi connectivity index (χ2n) is 5.29. The maximum atomic E-state index is 11.4. The van der Waals surface area contributed by atoms with Crippen LogP contribution in [-0.2, 0) is 10.0 Å². The molecular formula is C15H16N6O2S. The number of aromatic nitrogens is 4. The van der Waals surface area contributed by atoms with Gasteiger partial charge in [0, 0.05) is 22.6 Å². The maximum Gasteiger partial charge on any atom is 0.238 e. The van der Waals surface area contributed by atoms with Crippen molar-refractivity contribution in [2.45, 2.75) is 18.7 Å². The third-order valence-electron chi connectivity index (χ3n) is 3.63. The van der Waals surface area contributed by atoms with Crippen molar-refractivity contribution in [3.63, 3.8) is 0 Å². The van der Waals surface area contributed by atoms with E-state index in [0.717, 1.165) is 22.6 Å². The molecule has 1 aromatic carbocycles. The first-order valence-corrected chi connectivity index (χ1v) is 8.62. The topological polar surface area (TPSA) is 108 Å². The van der Waals surface area contributed by atoms with Crippen molar-refractivity contribution in [3.05, 3.63) is 59.9 Å². The Kier molecular flexibility index (Phi) is 4.04. The molecule has 0 saturated heterocycles. The summed E-state index contributed by atoms with van der Waals surface area (Å²) in [6, 6.07) is 8.43. The summed E-state index contributed by atoms with van der Waals surface area (Å²) in [4.78, 5) is 0.0862. The summed E-state index contributed by atoms with van der Waals surface area (Å²) in [5.41, 5.74) is 3.77. The zero-order valence-electron chi connectivity index (χ0n) is 13.2. The van der Waals surface area contributed by atoms with E-state index in [4.69, 9.17) is 5.14 Å². The predicted molar refractivity (Wildman–Crippen MR) is 89.6 cm³/mol. The van der Waals surface area contributed by atoms with E-state index < -0.39 is 10.0 Å². The molecule has 0 aliphatic carbocycles. The molecule has 2 aromatic heterocycles. The van der Waals surface area contributed by atoms with E-state index in [1.54, 1.807) is 18.3 Å². The number of benzene rings is 1. The van der Waals surface area contributed by atoms with E-state index in [1.807, 2.05) is 24.5 Å². The summed E-state index contributed by atoms with van der Waals surface area (Å²) in [6.07, 6.45) is 4.73. The number of hydrogen-bond acceptors (Lipinski definition) is 5. The second kappa shape index (κ2) is 6.02. The Bertz CT molecular complexity index is 986. The van der Waals surface area contributed by atoms with Crippen molar-refractivity contribution in [1.29, 1.82) is 0 Å². The van der Waals surface area contributed by atoms with Gasteiger partial charge in [0.05, 0.1) is 11.1 Å². The van der Waals surface area contributed by atoms with Gasteiger partial charge in [-0.2, -0.15) is 5.10 Å². The molecular weight excluding hydrogens is 328 g/mol. The number of hydrogen-bond donors (Lipinski definition) is 1. The number of aryl methyl sites for hydroxylation is 1. The van der Waals surface area contributed by atoms with Gasteiger partial charge in [-0.1, -0.05) is 0 Å². The third-order valence-corrected chi connectivity index (χ3v) is 4.56. The standard InChI is InChI=1S/C15H16N6O2S/c1-11-7-13(8-19-20-9-17-18-10-20)12(2)21(11)14-3-5-15(6-4-14)24(16,22)23/h3-10H,1-2H3,(H2,16,22,23)/b19-8-. The average molecular weight is 344 g/mol. The summed E-state index contributed by atoms with van der Waals surface area (Å²) in [6.45, 7) is 3.94. The molecule has 9 heteroatoms. The minimum absolute atomic E-state index is 0.0862. The van der Waals surface area contributed by atoms with Gasteiger partial charge in [-0.3, -0.25) is 0 Å². The highest BCUT2D eigenvalue weighted by Crippen LogP contribution is 2.21. The summed E-state index contributed by atoms with van der Waals surface area (Å²) in [5.74, 6) is 0. The first-order valence-electron chi connectivity index (χ1n) is 7.07. The molecule has 0 radical (unpaired) electrons. The predicted octanol–water partition coefficient (Wildman–Crippen LogP) is 1.22. The van der Waals surface area contributed by atoms with Crippen LogP contribution in [0.15, 0.2) is 53.0 Å². The monoisotopic (exact) mass is 344 g/mol. The van der Waals surface area contributed by atoms with Crippen LogP contribution < -0.4 is 5.14 Å². The van der Waals surface area contributed by atoms with Gasteiger partial charge in [0.25, 0.3) is 0 Å². The van der Waals surface area contributed by atoms with Gasteiger partial charge < -0.3 is 4.57 Å². The van der Waals surface area contributed by atoms with Crippen molar-refractivity contribution in [3.8, 4) is 5.69 Å². The van der Waals surface area contributed by atoms with Crippen LogP contribution in [0.1, 0.15) is 17.0 Å². The van der Waals surface area contributed by atoms with E-state index in [1.165, 1.54) is 29.5 Å². The van der Waals surface area contributed by atoms with Gasteiger partial charge in [-0.15, -0.1) is 10.2 Å². The molecule has 0 atom stereocenters. The number of primary sulfonamides is 1. The first kappa shape index (κ1) is 16.1. The Morgan fingerprint density at radius 3 is 2.33 bits per heavy atom. The van der Waals surface area contributed by atoms with E-state index in [9.17, 15) is 8.42 Å². The molecule has 0 aliphatic rings. The third kappa shape index (κ3) is 3.12. The lowest BCUT2D eigenvalue weighted by molar-refractivity contribution is 0.598. The molecule has 8 nitrogen and oxygen atoms in total. The zero-order valence-corrected chi connectivity index (χ0v) is 14.0. The molecule has 0 saturated carbocycles. The van der Waals surface area contributed by atoms with Crippen molar-refractivity contribution < 1.29 is 8.42 Å². The fourth-order valence-corrected chi connectivity index (χ4v) is 3.00. The highest BCUT2D eigenvalue weighted by molar-refractivity contribution is 7.89.